The van der Waals surface area contributed by atoms with Gasteiger partial charge in [-0.25, -0.2) is 0 Å². The van der Waals surface area contributed by atoms with Crippen molar-refractivity contribution in [2.24, 2.45) is 11.3 Å². The largest absolute Gasteiger partial charge is 0.392 e. The molecule has 1 aliphatic heterocycles. The molecule has 1 saturated heterocycles. The van der Waals surface area contributed by atoms with Crippen LogP contribution >= 0.6 is 0 Å². The molecule has 1 aliphatic rings. The van der Waals surface area contributed by atoms with Gasteiger partial charge in [0.2, 0.25) is 0 Å². The van der Waals surface area contributed by atoms with Crippen molar-refractivity contribution in [3.05, 3.63) is 0 Å². The second-order valence-electron chi connectivity index (χ2n) is 6.13. The Kier molecular flexibility index (Phi) is 4.60. The van der Waals surface area contributed by atoms with Crippen molar-refractivity contribution in [1.29, 1.82) is 0 Å². The van der Waals surface area contributed by atoms with Crippen molar-refractivity contribution >= 4 is 0 Å². The Balaban J connectivity index is 2.38. The Bertz CT molecular complexity index is 189. The number of hydrogen-bond donors (Lipinski definition) is 1. The van der Waals surface area contributed by atoms with Gasteiger partial charge in [0.25, 0.3) is 0 Å². The molecular formula is C13H27NO. The van der Waals surface area contributed by atoms with Crippen LogP contribution in [0, 0.1) is 11.3 Å². The zero-order valence-electron chi connectivity index (χ0n) is 10.8. The van der Waals surface area contributed by atoms with Crippen LogP contribution in [0.3, 0.4) is 0 Å². The Morgan fingerprint density at radius 3 is 2.47 bits per heavy atom. The molecule has 1 atom stereocenters. The third-order valence-corrected chi connectivity index (χ3v) is 3.65. The highest BCUT2D eigenvalue weighted by molar-refractivity contribution is 4.77. The van der Waals surface area contributed by atoms with Gasteiger partial charge in [0.05, 0.1) is 6.10 Å². The average Bonchev–Trinajstić information content (AvgIpc) is 2.28. The lowest BCUT2D eigenvalue weighted by molar-refractivity contribution is 0.0765. The molecule has 1 rings (SSSR count). The highest BCUT2D eigenvalue weighted by Crippen LogP contribution is 2.29. The fraction of sp³-hybridized carbons (Fsp3) is 1.00. The second-order valence-corrected chi connectivity index (χ2v) is 6.13. The Hall–Kier alpha value is -0.0800. The molecule has 0 saturated carbocycles. The lowest BCUT2D eigenvalue weighted by atomic mass is 9.85. The maximum atomic E-state index is 9.86. The fourth-order valence-electron chi connectivity index (χ4n) is 2.14. The lowest BCUT2D eigenvalue weighted by Crippen LogP contribution is -2.36. The molecule has 1 heterocycles. The van der Waals surface area contributed by atoms with Crippen LogP contribution in [0.5, 0.6) is 0 Å². The molecule has 0 aromatic carbocycles. The van der Waals surface area contributed by atoms with Gasteiger partial charge < -0.3 is 10.0 Å². The quantitative estimate of drug-likeness (QED) is 0.778. The number of nitrogens with zero attached hydrogens (tertiary/aromatic N) is 1. The van der Waals surface area contributed by atoms with Gasteiger partial charge in [0, 0.05) is 6.54 Å². The molecule has 0 bridgehead atoms. The van der Waals surface area contributed by atoms with Crippen LogP contribution in [0.15, 0.2) is 0 Å². The van der Waals surface area contributed by atoms with Crippen molar-refractivity contribution in [3.8, 4) is 0 Å². The van der Waals surface area contributed by atoms with Crippen LogP contribution in [0.4, 0.5) is 0 Å². The molecule has 90 valence electrons. The van der Waals surface area contributed by atoms with Gasteiger partial charge in [0.1, 0.15) is 0 Å². The first-order chi connectivity index (χ1) is 6.91. The molecule has 2 heteroatoms. The summed E-state index contributed by atoms with van der Waals surface area (Å²) in [5, 5.41) is 9.86. The van der Waals surface area contributed by atoms with Crippen LogP contribution in [0.2, 0.25) is 0 Å². The van der Waals surface area contributed by atoms with Gasteiger partial charge in [-0.15, -0.1) is 0 Å². The predicted octanol–water partition coefficient (Wildman–Crippen LogP) is 2.52. The minimum atomic E-state index is -0.161. The molecule has 0 radical (unpaired) electrons. The van der Waals surface area contributed by atoms with Crippen LogP contribution in [-0.2, 0) is 0 Å². The number of likely N-dealkylation sites (tertiary alicyclic amines) is 1. The molecule has 0 spiro atoms. The van der Waals surface area contributed by atoms with E-state index >= 15 is 0 Å². The molecule has 0 aromatic heterocycles. The van der Waals surface area contributed by atoms with E-state index in [1.54, 1.807) is 0 Å². The van der Waals surface area contributed by atoms with E-state index in [1.165, 1.54) is 19.3 Å². The molecule has 15 heavy (non-hydrogen) atoms. The monoisotopic (exact) mass is 213 g/mol. The summed E-state index contributed by atoms with van der Waals surface area (Å²) >= 11 is 0. The van der Waals surface area contributed by atoms with E-state index in [4.69, 9.17) is 0 Å². The van der Waals surface area contributed by atoms with Crippen molar-refractivity contribution in [2.45, 2.75) is 53.1 Å². The summed E-state index contributed by atoms with van der Waals surface area (Å²) in [5.41, 5.74) is 0.498. The van der Waals surface area contributed by atoms with E-state index in [0.717, 1.165) is 19.6 Å². The van der Waals surface area contributed by atoms with Crippen molar-refractivity contribution in [2.75, 3.05) is 19.6 Å². The number of rotatable bonds is 3. The van der Waals surface area contributed by atoms with Gasteiger partial charge in [-0.05, 0) is 43.7 Å². The number of β-amino-alcohol motifs (C(OH)–C–C–N with tert-alkyl or cyclic N) is 1. The second kappa shape index (κ2) is 5.31. The Morgan fingerprint density at radius 2 is 1.87 bits per heavy atom. The maximum Gasteiger partial charge on any atom is 0.0689 e. The Morgan fingerprint density at radius 1 is 1.20 bits per heavy atom. The van der Waals surface area contributed by atoms with Gasteiger partial charge in [0.15, 0.2) is 0 Å². The topological polar surface area (TPSA) is 23.5 Å². The standard InChI is InChI=1S/C13H27NO/c1-11(2)12(15)10-14-8-5-6-13(3,4)7-9-14/h11-12,15H,5-10H2,1-4H3. The van der Waals surface area contributed by atoms with E-state index in [-0.39, 0.29) is 6.10 Å². The summed E-state index contributed by atoms with van der Waals surface area (Å²) in [6, 6.07) is 0. The van der Waals surface area contributed by atoms with Crippen LogP contribution in [0.1, 0.15) is 47.0 Å². The normalized spacial score (nSPS) is 25.2. The summed E-state index contributed by atoms with van der Waals surface area (Å²) in [5.74, 6) is 0.376. The van der Waals surface area contributed by atoms with Gasteiger partial charge >= 0.3 is 0 Å². The summed E-state index contributed by atoms with van der Waals surface area (Å²) in [6.45, 7) is 12.1. The van der Waals surface area contributed by atoms with Gasteiger partial charge in [-0.1, -0.05) is 27.7 Å². The summed E-state index contributed by atoms with van der Waals surface area (Å²) < 4.78 is 0. The maximum absolute atomic E-state index is 9.86. The minimum Gasteiger partial charge on any atom is -0.392 e. The first kappa shape index (κ1) is 13.0. The minimum absolute atomic E-state index is 0.161. The van der Waals surface area contributed by atoms with Crippen molar-refractivity contribution in [3.63, 3.8) is 0 Å². The molecule has 2 nitrogen and oxygen atoms in total. The molecule has 1 fully saturated rings. The highest BCUT2D eigenvalue weighted by atomic mass is 16.3. The molecule has 1 unspecified atom stereocenters. The zero-order chi connectivity index (χ0) is 11.5. The third-order valence-electron chi connectivity index (χ3n) is 3.65. The van der Waals surface area contributed by atoms with E-state index < -0.39 is 0 Å². The smallest absolute Gasteiger partial charge is 0.0689 e. The predicted molar refractivity (Wildman–Crippen MR) is 64.9 cm³/mol. The number of hydrogen-bond acceptors (Lipinski definition) is 2. The fourth-order valence-corrected chi connectivity index (χ4v) is 2.14. The first-order valence-electron chi connectivity index (χ1n) is 6.31. The van der Waals surface area contributed by atoms with Crippen LogP contribution < -0.4 is 0 Å². The number of aliphatic hydroxyl groups excluding tert-OH is 1. The summed E-state index contributed by atoms with van der Waals surface area (Å²) in [6.07, 6.45) is 3.70. The molecular weight excluding hydrogens is 186 g/mol. The number of aliphatic hydroxyl groups is 1. The Labute approximate surface area is 94.7 Å². The summed E-state index contributed by atoms with van der Waals surface area (Å²) in [7, 11) is 0. The molecule has 0 aliphatic carbocycles. The molecule has 0 amide bonds. The van der Waals surface area contributed by atoms with E-state index in [2.05, 4.69) is 32.6 Å². The van der Waals surface area contributed by atoms with Crippen molar-refractivity contribution in [1.82, 2.24) is 4.90 Å². The van der Waals surface area contributed by atoms with E-state index in [9.17, 15) is 5.11 Å². The molecule has 0 aromatic rings. The van der Waals surface area contributed by atoms with Crippen LogP contribution in [0.25, 0.3) is 0 Å². The van der Waals surface area contributed by atoms with Crippen LogP contribution in [-0.4, -0.2) is 35.7 Å². The third kappa shape index (κ3) is 4.52. The van der Waals surface area contributed by atoms with E-state index in [1.807, 2.05) is 0 Å². The van der Waals surface area contributed by atoms with E-state index in [0.29, 0.717) is 11.3 Å². The zero-order valence-corrected chi connectivity index (χ0v) is 10.8. The SMILES string of the molecule is CC(C)C(O)CN1CCCC(C)(C)CC1. The molecule has 1 N–H and O–H groups in total. The average molecular weight is 213 g/mol. The summed E-state index contributed by atoms with van der Waals surface area (Å²) in [4.78, 5) is 2.43. The van der Waals surface area contributed by atoms with Gasteiger partial charge in [-0.2, -0.15) is 0 Å². The van der Waals surface area contributed by atoms with Crippen molar-refractivity contribution < 1.29 is 5.11 Å². The highest BCUT2D eigenvalue weighted by Gasteiger charge is 2.24. The van der Waals surface area contributed by atoms with Gasteiger partial charge in [-0.3, -0.25) is 0 Å². The lowest BCUT2D eigenvalue weighted by Gasteiger charge is -2.26. The first-order valence-corrected chi connectivity index (χ1v) is 6.31.